The van der Waals surface area contributed by atoms with Crippen LogP contribution >= 0.6 is 0 Å². The lowest BCUT2D eigenvalue weighted by Crippen LogP contribution is -2.31. The molecule has 9 nitrogen and oxygen atoms in total. The Balaban J connectivity index is 1.77. The number of methoxy groups -OCH3 is 1. The number of ketones is 1. The summed E-state index contributed by atoms with van der Waals surface area (Å²) in [7, 11) is 1.55. The normalized spacial score (nSPS) is 16.7. The highest BCUT2D eigenvalue weighted by Gasteiger charge is 2.46. The minimum Gasteiger partial charge on any atom is -0.507 e. The number of aliphatic hydroxyl groups is 1. The van der Waals surface area contributed by atoms with Crippen LogP contribution in [0.25, 0.3) is 5.76 Å². The lowest BCUT2D eigenvalue weighted by Gasteiger charge is -2.26. The zero-order chi connectivity index (χ0) is 26.4. The van der Waals surface area contributed by atoms with Gasteiger partial charge in [-0.1, -0.05) is 6.07 Å². The Morgan fingerprint density at radius 2 is 1.73 bits per heavy atom. The van der Waals surface area contributed by atoms with Gasteiger partial charge in [-0.3, -0.25) is 9.59 Å². The van der Waals surface area contributed by atoms with Crippen molar-refractivity contribution in [3.8, 4) is 17.2 Å². The molecule has 1 aromatic heterocycles. The number of rotatable bonds is 11. The summed E-state index contributed by atoms with van der Waals surface area (Å²) < 4.78 is 18.6. The number of aromatic nitrogens is 2. The van der Waals surface area contributed by atoms with Gasteiger partial charge in [0.25, 0.3) is 11.7 Å². The third-order valence-electron chi connectivity index (χ3n) is 6.16. The molecule has 1 N–H and O–H groups in total. The van der Waals surface area contributed by atoms with Crippen molar-refractivity contribution in [2.75, 3.05) is 26.9 Å². The van der Waals surface area contributed by atoms with Gasteiger partial charge in [0.15, 0.2) is 11.5 Å². The number of aliphatic hydroxyl groups excluding tert-OH is 1. The van der Waals surface area contributed by atoms with Crippen LogP contribution in [-0.4, -0.2) is 58.1 Å². The summed E-state index contributed by atoms with van der Waals surface area (Å²) in [6.07, 6.45) is 5.83. The number of carbonyl (C=O) groups is 2. The minimum atomic E-state index is -0.792. The highest BCUT2D eigenvalue weighted by molar-refractivity contribution is 6.46. The van der Waals surface area contributed by atoms with Crippen molar-refractivity contribution in [1.29, 1.82) is 0 Å². The summed E-state index contributed by atoms with van der Waals surface area (Å²) in [4.78, 5) is 32.1. The van der Waals surface area contributed by atoms with Crippen LogP contribution in [0.2, 0.25) is 0 Å². The van der Waals surface area contributed by atoms with Gasteiger partial charge < -0.3 is 28.8 Å². The predicted octanol–water partition coefficient (Wildman–Crippen LogP) is 4.20. The molecule has 0 unspecified atom stereocenters. The molecule has 0 aliphatic carbocycles. The summed E-state index contributed by atoms with van der Waals surface area (Å²) in [5, 5.41) is 11.3. The summed E-state index contributed by atoms with van der Waals surface area (Å²) in [6, 6.07) is 11.2. The van der Waals surface area contributed by atoms with Gasteiger partial charge in [-0.25, -0.2) is 4.98 Å². The van der Waals surface area contributed by atoms with E-state index < -0.39 is 17.7 Å². The first kappa shape index (κ1) is 25.8. The van der Waals surface area contributed by atoms with Gasteiger partial charge in [0.2, 0.25) is 0 Å². The maximum atomic E-state index is 13.3. The van der Waals surface area contributed by atoms with E-state index in [1.54, 1.807) is 62.1 Å². The minimum absolute atomic E-state index is 0.0319. The molecule has 1 amide bonds. The molecule has 1 atom stereocenters. The second kappa shape index (κ2) is 11.6. The SMILES string of the molecule is CCOc1ccc([C@H]2/C(=C(\O)c3ccc(OC)cc3)C(=O)C(=O)N2CCCn2ccnc2)cc1OCC. The van der Waals surface area contributed by atoms with E-state index >= 15 is 0 Å². The van der Waals surface area contributed by atoms with Crippen molar-refractivity contribution >= 4 is 17.4 Å². The molecule has 1 fully saturated rings. The van der Waals surface area contributed by atoms with E-state index in [1.165, 1.54) is 4.90 Å². The molecule has 1 aliphatic rings. The number of ether oxygens (including phenoxy) is 3. The van der Waals surface area contributed by atoms with Crippen molar-refractivity contribution in [3.05, 3.63) is 77.9 Å². The number of carbonyl (C=O) groups excluding carboxylic acids is 2. The van der Waals surface area contributed by atoms with Crippen LogP contribution in [0, 0.1) is 0 Å². The lowest BCUT2D eigenvalue weighted by atomic mass is 9.95. The molecule has 9 heteroatoms. The molecule has 4 rings (SSSR count). The second-order valence-corrected chi connectivity index (χ2v) is 8.45. The average molecular weight is 506 g/mol. The fraction of sp³-hybridized carbons (Fsp3) is 0.321. The maximum Gasteiger partial charge on any atom is 0.295 e. The number of Topliss-reactive ketones (excluding diaryl/α,β-unsaturated/α-hetero) is 1. The van der Waals surface area contributed by atoms with Gasteiger partial charge >= 0.3 is 0 Å². The molecule has 0 radical (unpaired) electrons. The first-order valence-corrected chi connectivity index (χ1v) is 12.3. The summed E-state index contributed by atoms with van der Waals surface area (Å²) in [5.74, 6) is 0.0665. The van der Waals surface area contributed by atoms with Crippen LogP contribution in [0.3, 0.4) is 0 Å². The standard InChI is InChI=1S/C28H31N3O6/c1-4-36-22-12-9-20(17-23(22)37-5-2)25-24(26(32)19-7-10-21(35-3)11-8-19)27(33)28(34)31(25)15-6-14-30-16-13-29-18-30/h7-13,16-18,25,32H,4-6,14-15H2,1-3H3/b26-24+/t25-/m0/s1. The maximum absolute atomic E-state index is 13.3. The van der Waals surface area contributed by atoms with E-state index in [2.05, 4.69) is 4.98 Å². The zero-order valence-electron chi connectivity index (χ0n) is 21.2. The molecule has 1 saturated heterocycles. The van der Waals surface area contributed by atoms with Gasteiger partial charge in [-0.05, 0) is 62.2 Å². The van der Waals surface area contributed by atoms with E-state index in [9.17, 15) is 14.7 Å². The Bertz CT molecular complexity index is 1270. The highest BCUT2D eigenvalue weighted by Crippen LogP contribution is 2.42. The molecule has 1 aliphatic heterocycles. The van der Waals surface area contributed by atoms with Crippen LogP contribution in [-0.2, 0) is 16.1 Å². The van der Waals surface area contributed by atoms with Crippen molar-refractivity contribution in [2.24, 2.45) is 0 Å². The van der Waals surface area contributed by atoms with Gasteiger partial charge in [0.1, 0.15) is 11.5 Å². The van der Waals surface area contributed by atoms with Gasteiger partial charge in [0.05, 0.1) is 38.3 Å². The number of imidazole rings is 1. The van der Waals surface area contributed by atoms with Gasteiger partial charge in [0, 0.05) is 31.0 Å². The molecule has 194 valence electrons. The molecule has 0 bridgehead atoms. The third kappa shape index (κ3) is 5.45. The smallest absolute Gasteiger partial charge is 0.295 e. The Hall–Kier alpha value is -4.27. The van der Waals surface area contributed by atoms with E-state index in [0.29, 0.717) is 61.1 Å². The van der Waals surface area contributed by atoms with Crippen molar-refractivity contribution < 1.29 is 28.9 Å². The molecule has 2 aromatic carbocycles. The summed E-state index contributed by atoms with van der Waals surface area (Å²) >= 11 is 0. The number of nitrogens with zero attached hydrogens (tertiary/aromatic N) is 3. The monoisotopic (exact) mass is 505 g/mol. The van der Waals surface area contributed by atoms with Crippen LogP contribution in [0.4, 0.5) is 0 Å². The topological polar surface area (TPSA) is 103 Å². The fourth-order valence-electron chi connectivity index (χ4n) is 4.44. The third-order valence-corrected chi connectivity index (χ3v) is 6.16. The predicted molar refractivity (Wildman–Crippen MR) is 138 cm³/mol. The second-order valence-electron chi connectivity index (χ2n) is 8.45. The Labute approximate surface area is 215 Å². The van der Waals surface area contributed by atoms with E-state index in [0.717, 1.165) is 0 Å². The largest absolute Gasteiger partial charge is 0.507 e. The number of aryl methyl sites for hydroxylation is 1. The van der Waals surface area contributed by atoms with Crippen LogP contribution in [0.5, 0.6) is 17.2 Å². The Kier molecular flexibility index (Phi) is 8.12. The Morgan fingerprint density at radius 3 is 2.38 bits per heavy atom. The first-order valence-electron chi connectivity index (χ1n) is 12.3. The highest BCUT2D eigenvalue weighted by atomic mass is 16.5. The van der Waals surface area contributed by atoms with Crippen LogP contribution in [0.15, 0.2) is 66.8 Å². The molecule has 37 heavy (non-hydrogen) atoms. The fourth-order valence-corrected chi connectivity index (χ4v) is 4.44. The van der Waals surface area contributed by atoms with E-state index in [4.69, 9.17) is 14.2 Å². The molecule has 2 heterocycles. The van der Waals surface area contributed by atoms with Crippen molar-refractivity contribution in [3.63, 3.8) is 0 Å². The number of likely N-dealkylation sites (tertiary alicyclic amines) is 1. The zero-order valence-corrected chi connectivity index (χ0v) is 21.2. The number of benzene rings is 2. The summed E-state index contributed by atoms with van der Waals surface area (Å²) in [5.41, 5.74) is 1.09. The molecule has 3 aromatic rings. The van der Waals surface area contributed by atoms with Gasteiger partial charge in [-0.2, -0.15) is 0 Å². The van der Waals surface area contributed by atoms with Crippen molar-refractivity contribution in [1.82, 2.24) is 14.5 Å². The van der Waals surface area contributed by atoms with E-state index in [1.807, 2.05) is 24.6 Å². The van der Waals surface area contributed by atoms with E-state index in [-0.39, 0.29) is 11.3 Å². The van der Waals surface area contributed by atoms with Crippen LogP contribution in [0.1, 0.15) is 37.4 Å². The number of amides is 1. The van der Waals surface area contributed by atoms with Gasteiger partial charge in [-0.15, -0.1) is 0 Å². The molecule has 0 spiro atoms. The average Bonchev–Trinajstić information content (AvgIpc) is 3.52. The Morgan fingerprint density at radius 1 is 1.00 bits per heavy atom. The van der Waals surface area contributed by atoms with Crippen molar-refractivity contribution in [2.45, 2.75) is 32.9 Å². The summed E-state index contributed by atoms with van der Waals surface area (Å²) in [6.45, 7) is 5.57. The molecule has 0 saturated carbocycles. The molecular weight excluding hydrogens is 474 g/mol. The first-order chi connectivity index (χ1) is 18.0. The lowest BCUT2D eigenvalue weighted by molar-refractivity contribution is -0.139. The number of hydrogen-bond acceptors (Lipinski definition) is 7. The molecular formula is C28H31N3O6. The quantitative estimate of drug-likeness (QED) is 0.237. The number of hydrogen-bond donors (Lipinski definition) is 1. The van der Waals surface area contributed by atoms with Crippen LogP contribution < -0.4 is 14.2 Å².